The molecule has 2 aromatic heterocycles. The quantitative estimate of drug-likeness (QED) is 0.703. The second-order valence-corrected chi connectivity index (χ2v) is 6.83. The first-order valence-corrected chi connectivity index (χ1v) is 8.74. The van der Waals surface area contributed by atoms with Crippen LogP contribution in [0.5, 0.6) is 0 Å². The topological polar surface area (TPSA) is 58.4 Å². The molecule has 0 bridgehead atoms. The number of aryl methyl sites for hydroxylation is 1. The average molecular weight is 398 g/mol. The van der Waals surface area contributed by atoms with Gasteiger partial charge in [0, 0.05) is 10.7 Å². The molecule has 5 nitrogen and oxygen atoms in total. The lowest BCUT2D eigenvalue weighted by Crippen LogP contribution is -2.32. The van der Waals surface area contributed by atoms with Gasteiger partial charge in [0.05, 0.1) is 29.8 Å². The number of benzene rings is 1. The molecule has 1 aliphatic rings. The molecule has 1 aliphatic heterocycles. The van der Waals surface area contributed by atoms with Crippen molar-refractivity contribution >= 4 is 27.5 Å². The number of nitrogens with zero attached hydrogens (tertiary/aromatic N) is 2. The maximum atomic E-state index is 12.9. The zero-order chi connectivity index (χ0) is 17.4. The van der Waals surface area contributed by atoms with Gasteiger partial charge in [-0.2, -0.15) is 0 Å². The fourth-order valence-corrected chi connectivity index (χ4v) is 3.61. The van der Waals surface area contributed by atoms with Crippen molar-refractivity contribution < 1.29 is 9.21 Å². The van der Waals surface area contributed by atoms with Gasteiger partial charge < -0.3 is 14.6 Å². The van der Waals surface area contributed by atoms with Gasteiger partial charge in [0.15, 0.2) is 0 Å². The van der Waals surface area contributed by atoms with Crippen LogP contribution in [-0.2, 0) is 6.54 Å². The second kappa shape index (κ2) is 6.37. The van der Waals surface area contributed by atoms with E-state index in [9.17, 15) is 4.79 Å². The fraction of sp³-hybridized carbons (Fsp3) is 0.158. The number of fused-ring (bicyclic) bond motifs is 1. The first-order valence-electron chi connectivity index (χ1n) is 7.94. The zero-order valence-electron chi connectivity index (χ0n) is 13.6. The number of rotatable bonds is 4. The molecule has 1 amide bonds. The minimum Gasteiger partial charge on any atom is -0.467 e. The summed E-state index contributed by atoms with van der Waals surface area (Å²) in [5.74, 6) is 0.677. The summed E-state index contributed by atoms with van der Waals surface area (Å²) in [7, 11) is 0. The lowest BCUT2D eigenvalue weighted by Gasteiger charge is -2.26. The average Bonchev–Trinajstić information content (AvgIpc) is 3.20. The normalized spacial score (nSPS) is 16.2. The maximum absolute atomic E-state index is 12.9. The van der Waals surface area contributed by atoms with Crippen molar-refractivity contribution in [3.8, 4) is 0 Å². The van der Waals surface area contributed by atoms with Crippen molar-refractivity contribution in [1.29, 1.82) is 0 Å². The Morgan fingerprint density at radius 2 is 2.16 bits per heavy atom. The van der Waals surface area contributed by atoms with E-state index in [0.717, 1.165) is 27.2 Å². The Labute approximate surface area is 153 Å². The van der Waals surface area contributed by atoms with Gasteiger partial charge in [-0.15, -0.1) is 0 Å². The van der Waals surface area contributed by atoms with E-state index in [2.05, 4.69) is 26.2 Å². The number of halogens is 1. The molecule has 0 saturated heterocycles. The number of hydrogen-bond acceptors (Lipinski definition) is 4. The van der Waals surface area contributed by atoms with Crippen molar-refractivity contribution in [3.63, 3.8) is 0 Å². The third kappa shape index (κ3) is 2.93. The number of anilines is 1. The highest BCUT2D eigenvalue weighted by molar-refractivity contribution is 9.10. The Hall–Kier alpha value is -2.60. The molecule has 6 heteroatoms. The number of amides is 1. The molecule has 1 N–H and O–H groups in total. The highest BCUT2D eigenvalue weighted by Gasteiger charge is 2.38. The molecule has 1 atom stereocenters. The molecule has 0 aliphatic carbocycles. The molecule has 25 heavy (non-hydrogen) atoms. The van der Waals surface area contributed by atoms with E-state index >= 15 is 0 Å². The summed E-state index contributed by atoms with van der Waals surface area (Å²) in [6, 6.07) is 13.3. The number of carbonyl (C=O) groups excluding carboxylic acids is 1. The number of nitrogens with one attached hydrogen (secondary N) is 1. The fourth-order valence-electron chi connectivity index (χ4n) is 3.00. The van der Waals surface area contributed by atoms with Crippen LogP contribution in [0.25, 0.3) is 0 Å². The van der Waals surface area contributed by atoms with Crippen LogP contribution in [-0.4, -0.2) is 15.8 Å². The van der Waals surface area contributed by atoms with E-state index in [4.69, 9.17) is 4.42 Å². The van der Waals surface area contributed by atoms with Crippen LogP contribution in [0.1, 0.15) is 33.5 Å². The lowest BCUT2D eigenvalue weighted by molar-refractivity contribution is 0.0714. The van der Waals surface area contributed by atoms with Crippen LogP contribution in [0.3, 0.4) is 0 Å². The van der Waals surface area contributed by atoms with Gasteiger partial charge in [0.25, 0.3) is 5.91 Å². The molecule has 1 aromatic carbocycles. The van der Waals surface area contributed by atoms with Gasteiger partial charge in [-0.05, 0) is 64.8 Å². The number of carbonyl (C=O) groups is 1. The Kier molecular flexibility index (Phi) is 4.05. The highest BCUT2D eigenvalue weighted by Crippen LogP contribution is 2.36. The van der Waals surface area contributed by atoms with E-state index in [0.29, 0.717) is 12.1 Å². The van der Waals surface area contributed by atoms with Gasteiger partial charge in [-0.3, -0.25) is 9.78 Å². The van der Waals surface area contributed by atoms with Crippen LogP contribution in [0, 0.1) is 6.92 Å². The first kappa shape index (κ1) is 15.9. The zero-order valence-corrected chi connectivity index (χ0v) is 15.2. The minimum absolute atomic E-state index is 0.0553. The predicted molar refractivity (Wildman–Crippen MR) is 98.1 cm³/mol. The number of hydrogen-bond donors (Lipinski definition) is 1. The SMILES string of the molecule is Cc1ccc(N[C@@H]2c3ncccc3C(=O)N2Cc2ccco2)c(Br)c1. The summed E-state index contributed by atoms with van der Waals surface area (Å²) in [6.07, 6.45) is 2.97. The largest absolute Gasteiger partial charge is 0.467 e. The molecule has 0 unspecified atom stereocenters. The van der Waals surface area contributed by atoms with E-state index in [1.165, 1.54) is 0 Å². The van der Waals surface area contributed by atoms with Crippen molar-refractivity contribution in [2.75, 3.05) is 5.32 Å². The Morgan fingerprint density at radius 1 is 1.28 bits per heavy atom. The van der Waals surface area contributed by atoms with Crippen molar-refractivity contribution in [2.45, 2.75) is 19.6 Å². The van der Waals surface area contributed by atoms with Crippen LogP contribution in [0.15, 0.2) is 63.8 Å². The van der Waals surface area contributed by atoms with Crippen molar-refractivity contribution in [2.24, 2.45) is 0 Å². The van der Waals surface area contributed by atoms with Gasteiger partial charge in [0.2, 0.25) is 0 Å². The molecular weight excluding hydrogens is 382 g/mol. The van der Waals surface area contributed by atoms with Crippen molar-refractivity contribution in [3.05, 3.63) is 82.0 Å². The summed E-state index contributed by atoms with van der Waals surface area (Å²) in [4.78, 5) is 19.0. The van der Waals surface area contributed by atoms with Gasteiger partial charge in [-0.1, -0.05) is 6.07 Å². The van der Waals surface area contributed by atoms with Crippen LogP contribution < -0.4 is 5.32 Å². The standard InChI is InChI=1S/C19H16BrN3O2/c1-12-6-7-16(15(20)10-12)22-18-17-14(5-2-8-21-17)19(24)23(18)11-13-4-3-9-25-13/h2-10,18,22H,11H2,1H3/t18-/m0/s1. The molecule has 0 radical (unpaired) electrons. The summed E-state index contributed by atoms with van der Waals surface area (Å²) in [5, 5.41) is 3.44. The van der Waals surface area contributed by atoms with E-state index < -0.39 is 0 Å². The molecule has 4 rings (SSSR count). The maximum Gasteiger partial charge on any atom is 0.258 e. The second-order valence-electron chi connectivity index (χ2n) is 5.98. The Balaban J connectivity index is 1.71. The van der Waals surface area contributed by atoms with E-state index in [1.807, 2.05) is 43.3 Å². The molecule has 0 spiro atoms. The summed E-state index contributed by atoms with van der Waals surface area (Å²) < 4.78 is 6.38. The van der Waals surface area contributed by atoms with E-state index in [1.54, 1.807) is 23.4 Å². The molecular formula is C19H16BrN3O2. The van der Waals surface area contributed by atoms with Gasteiger partial charge in [-0.25, -0.2) is 0 Å². The third-order valence-corrected chi connectivity index (χ3v) is 4.88. The Morgan fingerprint density at radius 3 is 2.92 bits per heavy atom. The number of furan rings is 1. The predicted octanol–water partition coefficient (Wildman–Crippen LogP) is 4.51. The Bertz CT molecular complexity index is 924. The minimum atomic E-state index is -0.354. The van der Waals surface area contributed by atoms with Crippen LogP contribution in [0.4, 0.5) is 5.69 Å². The van der Waals surface area contributed by atoms with E-state index in [-0.39, 0.29) is 12.1 Å². The highest BCUT2D eigenvalue weighted by atomic mass is 79.9. The lowest BCUT2D eigenvalue weighted by atomic mass is 10.2. The van der Waals surface area contributed by atoms with Crippen molar-refractivity contribution in [1.82, 2.24) is 9.88 Å². The van der Waals surface area contributed by atoms with Crippen LogP contribution >= 0.6 is 15.9 Å². The molecule has 126 valence electrons. The van der Waals surface area contributed by atoms with Gasteiger partial charge in [0.1, 0.15) is 11.9 Å². The van der Waals surface area contributed by atoms with Crippen LogP contribution in [0.2, 0.25) is 0 Å². The smallest absolute Gasteiger partial charge is 0.258 e. The summed E-state index contributed by atoms with van der Waals surface area (Å²) in [5.41, 5.74) is 3.42. The first-order chi connectivity index (χ1) is 12.1. The summed E-state index contributed by atoms with van der Waals surface area (Å²) >= 11 is 3.59. The van der Waals surface area contributed by atoms with Gasteiger partial charge >= 0.3 is 0 Å². The monoisotopic (exact) mass is 397 g/mol. The molecule has 3 aromatic rings. The molecule has 0 saturated carbocycles. The molecule has 0 fully saturated rings. The number of aromatic nitrogens is 1. The summed E-state index contributed by atoms with van der Waals surface area (Å²) in [6.45, 7) is 2.41. The third-order valence-electron chi connectivity index (χ3n) is 4.22. The number of pyridine rings is 1. The molecule has 3 heterocycles.